The fourth-order valence-electron chi connectivity index (χ4n) is 3.85. The molecule has 8 heteroatoms. The first kappa shape index (κ1) is 21.5. The van der Waals surface area contributed by atoms with Gasteiger partial charge in [0.1, 0.15) is 5.01 Å². The molecule has 0 unspecified atom stereocenters. The van der Waals surface area contributed by atoms with Crippen LogP contribution >= 0.6 is 11.3 Å². The van der Waals surface area contributed by atoms with E-state index < -0.39 is 0 Å². The average molecular weight is 441 g/mol. The quantitative estimate of drug-likeness (QED) is 0.531. The van der Waals surface area contributed by atoms with Gasteiger partial charge in [-0.2, -0.15) is 0 Å². The lowest BCUT2D eigenvalue weighted by Gasteiger charge is -2.34. The summed E-state index contributed by atoms with van der Waals surface area (Å²) >= 11 is 1.66. The van der Waals surface area contributed by atoms with Gasteiger partial charge < -0.3 is 14.2 Å². The summed E-state index contributed by atoms with van der Waals surface area (Å²) in [5, 5.41) is 3.13. The molecule has 2 aromatic heterocycles. The molecule has 7 nitrogen and oxygen atoms in total. The van der Waals surface area contributed by atoms with Crippen molar-refractivity contribution >= 4 is 11.3 Å². The molecule has 3 aromatic rings. The molecule has 4 rings (SSSR count). The summed E-state index contributed by atoms with van der Waals surface area (Å²) in [6.45, 7) is 5.69. The maximum absolute atomic E-state index is 5.64. The Morgan fingerprint density at radius 1 is 0.871 bits per heavy atom. The first-order valence-electron chi connectivity index (χ1n) is 10.3. The molecule has 1 aromatic carbocycles. The van der Waals surface area contributed by atoms with Crippen molar-refractivity contribution in [3.63, 3.8) is 0 Å². The van der Waals surface area contributed by atoms with E-state index in [9.17, 15) is 0 Å². The highest BCUT2D eigenvalue weighted by molar-refractivity contribution is 7.13. The minimum Gasteiger partial charge on any atom is -0.493 e. The van der Waals surface area contributed by atoms with Crippen molar-refractivity contribution in [2.45, 2.75) is 13.1 Å². The van der Waals surface area contributed by atoms with Crippen molar-refractivity contribution in [3.8, 4) is 28.0 Å². The summed E-state index contributed by atoms with van der Waals surface area (Å²) in [7, 11) is 4.95. The van der Waals surface area contributed by atoms with Crippen LogP contribution in [-0.2, 0) is 13.1 Å². The number of pyridine rings is 1. The lowest BCUT2D eigenvalue weighted by molar-refractivity contribution is 0.120. The van der Waals surface area contributed by atoms with Gasteiger partial charge in [0.25, 0.3) is 0 Å². The van der Waals surface area contributed by atoms with E-state index in [2.05, 4.69) is 26.2 Å². The van der Waals surface area contributed by atoms with E-state index in [-0.39, 0.29) is 0 Å². The van der Waals surface area contributed by atoms with E-state index in [1.54, 1.807) is 32.7 Å². The zero-order valence-corrected chi connectivity index (χ0v) is 19.0. The van der Waals surface area contributed by atoms with E-state index in [4.69, 9.17) is 19.2 Å². The van der Waals surface area contributed by atoms with Gasteiger partial charge in [0.2, 0.25) is 5.75 Å². The van der Waals surface area contributed by atoms with Crippen LogP contribution in [0.5, 0.6) is 17.2 Å². The number of ether oxygens (including phenoxy) is 3. The third-order valence-corrected chi connectivity index (χ3v) is 6.38. The lowest BCUT2D eigenvalue weighted by Crippen LogP contribution is -2.45. The molecule has 0 atom stereocenters. The van der Waals surface area contributed by atoms with Gasteiger partial charge in [-0.25, -0.2) is 4.98 Å². The largest absolute Gasteiger partial charge is 0.493 e. The second-order valence-electron chi connectivity index (χ2n) is 7.40. The first-order chi connectivity index (χ1) is 15.2. The molecule has 0 aliphatic carbocycles. The fraction of sp³-hybridized carbons (Fsp3) is 0.391. The highest BCUT2D eigenvalue weighted by Gasteiger charge is 2.22. The normalized spacial score (nSPS) is 15.1. The van der Waals surface area contributed by atoms with Gasteiger partial charge in [-0.1, -0.05) is 12.1 Å². The third kappa shape index (κ3) is 4.98. The van der Waals surface area contributed by atoms with Crippen LogP contribution in [0.15, 0.2) is 41.9 Å². The Balaban J connectivity index is 1.34. The first-order valence-corrected chi connectivity index (χ1v) is 11.2. The summed E-state index contributed by atoms with van der Waals surface area (Å²) in [6, 6.07) is 9.92. The summed E-state index contributed by atoms with van der Waals surface area (Å²) in [6.07, 6.45) is 1.81. The Bertz CT molecular complexity index is 988. The number of thiazole rings is 1. The van der Waals surface area contributed by atoms with Gasteiger partial charge in [-0.3, -0.25) is 14.8 Å². The summed E-state index contributed by atoms with van der Waals surface area (Å²) in [5.74, 6) is 2.07. The van der Waals surface area contributed by atoms with Crippen LogP contribution in [-0.4, -0.2) is 67.3 Å². The van der Waals surface area contributed by atoms with Gasteiger partial charge in [-0.05, 0) is 18.2 Å². The highest BCUT2D eigenvalue weighted by Crippen LogP contribution is 2.40. The maximum atomic E-state index is 5.64. The van der Waals surface area contributed by atoms with Gasteiger partial charge in [0.15, 0.2) is 11.5 Å². The Morgan fingerprint density at radius 2 is 1.61 bits per heavy atom. The Labute approximate surface area is 187 Å². The number of piperazine rings is 1. The average Bonchev–Trinajstić information content (AvgIpc) is 3.29. The Kier molecular flexibility index (Phi) is 7.01. The number of aromatic nitrogens is 2. The van der Waals surface area contributed by atoms with Crippen LogP contribution in [0.25, 0.3) is 10.7 Å². The predicted molar refractivity (Wildman–Crippen MR) is 122 cm³/mol. The molecule has 1 saturated heterocycles. The number of hydrogen-bond acceptors (Lipinski definition) is 8. The van der Waals surface area contributed by atoms with Crippen LogP contribution < -0.4 is 14.2 Å². The number of hydrogen-bond donors (Lipinski definition) is 0. The SMILES string of the molecule is COc1ccc(CN2CCN(Cc3csc(-c4ccccn4)n3)CC2)c(OC)c1OC. The van der Waals surface area contributed by atoms with Crippen molar-refractivity contribution in [2.75, 3.05) is 47.5 Å². The summed E-state index contributed by atoms with van der Waals surface area (Å²) in [4.78, 5) is 14.1. The molecule has 0 amide bonds. The smallest absolute Gasteiger partial charge is 0.203 e. The van der Waals surface area contributed by atoms with Crippen LogP contribution in [0, 0.1) is 0 Å². The van der Waals surface area contributed by atoms with Crippen molar-refractivity contribution in [2.24, 2.45) is 0 Å². The highest BCUT2D eigenvalue weighted by atomic mass is 32.1. The molecule has 31 heavy (non-hydrogen) atoms. The van der Waals surface area contributed by atoms with Crippen molar-refractivity contribution in [3.05, 3.63) is 53.2 Å². The van der Waals surface area contributed by atoms with Gasteiger partial charge in [0.05, 0.1) is 32.7 Å². The van der Waals surface area contributed by atoms with E-state index in [1.807, 2.05) is 30.5 Å². The standard InChI is InChI=1S/C23H28N4O3S/c1-28-20-8-7-17(21(29-2)22(20)30-3)14-26-10-12-27(13-11-26)15-18-16-31-23(25-18)19-6-4-5-9-24-19/h4-9,16H,10-15H2,1-3H3. The van der Waals surface area contributed by atoms with Crippen molar-refractivity contribution < 1.29 is 14.2 Å². The Hall–Kier alpha value is -2.68. The van der Waals surface area contributed by atoms with Crippen LogP contribution in [0.4, 0.5) is 0 Å². The minimum absolute atomic E-state index is 0.647. The van der Waals surface area contributed by atoms with E-state index in [0.29, 0.717) is 11.5 Å². The van der Waals surface area contributed by atoms with E-state index in [0.717, 1.165) is 67.0 Å². The number of methoxy groups -OCH3 is 3. The molecule has 0 spiro atoms. The zero-order chi connectivity index (χ0) is 21.6. The van der Waals surface area contributed by atoms with E-state index >= 15 is 0 Å². The maximum Gasteiger partial charge on any atom is 0.203 e. The molecule has 164 valence electrons. The van der Waals surface area contributed by atoms with Gasteiger partial charge in [0, 0.05) is 56.4 Å². The van der Waals surface area contributed by atoms with Crippen LogP contribution in [0.3, 0.4) is 0 Å². The molecule has 0 bridgehead atoms. The third-order valence-electron chi connectivity index (χ3n) is 5.47. The monoisotopic (exact) mass is 440 g/mol. The number of nitrogens with zero attached hydrogens (tertiary/aromatic N) is 4. The molecule has 1 aliphatic rings. The molecule has 1 fully saturated rings. The van der Waals surface area contributed by atoms with E-state index in [1.165, 1.54) is 0 Å². The number of benzene rings is 1. The fourth-order valence-corrected chi connectivity index (χ4v) is 4.64. The molecule has 1 aliphatic heterocycles. The lowest BCUT2D eigenvalue weighted by atomic mass is 10.1. The minimum atomic E-state index is 0.647. The molecule has 0 radical (unpaired) electrons. The van der Waals surface area contributed by atoms with Crippen molar-refractivity contribution in [1.29, 1.82) is 0 Å². The van der Waals surface area contributed by atoms with Crippen LogP contribution in [0.2, 0.25) is 0 Å². The summed E-state index contributed by atoms with van der Waals surface area (Å²) in [5.41, 5.74) is 3.15. The van der Waals surface area contributed by atoms with Crippen LogP contribution in [0.1, 0.15) is 11.3 Å². The molecular weight excluding hydrogens is 412 g/mol. The molecule has 0 saturated carbocycles. The summed E-state index contributed by atoms with van der Waals surface area (Å²) < 4.78 is 16.5. The number of rotatable bonds is 8. The topological polar surface area (TPSA) is 60.0 Å². The van der Waals surface area contributed by atoms with Gasteiger partial charge in [-0.15, -0.1) is 11.3 Å². The molecular formula is C23H28N4O3S. The second-order valence-corrected chi connectivity index (χ2v) is 8.26. The zero-order valence-electron chi connectivity index (χ0n) is 18.2. The van der Waals surface area contributed by atoms with Gasteiger partial charge >= 0.3 is 0 Å². The molecule has 3 heterocycles. The second kappa shape index (κ2) is 10.1. The van der Waals surface area contributed by atoms with Crippen molar-refractivity contribution in [1.82, 2.24) is 19.8 Å². The molecule has 0 N–H and O–H groups in total. The predicted octanol–water partition coefficient (Wildman–Crippen LogP) is 3.55. The Morgan fingerprint density at radius 3 is 2.26 bits per heavy atom.